The standard InChI is InChI=1S/C20H17ClFN5O2/c1-23-19(28)17-9-11-8-14(6-7-16(11)29-17)26-20-24-10-15(22)18(27-20)25-13-4-2-12(21)3-5-13/h2-8,10,17H,9H2,1H3,(H,23,28)(H2,24,25,26,27). The summed E-state index contributed by atoms with van der Waals surface area (Å²) >= 11 is 5.87. The van der Waals surface area contributed by atoms with E-state index in [1.54, 1.807) is 43.4 Å². The molecule has 1 atom stereocenters. The first kappa shape index (κ1) is 18.9. The summed E-state index contributed by atoms with van der Waals surface area (Å²) in [6, 6.07) is 12.3. The molecule has 7 nitrogen and oxygen atoms in total. The summed E-state index contributed by atoms with van der Waals surface area (Å²) in [6.45, 7) is 0. The van der Waals surface area contributed by atoms with Gasteiger partial charge in [0.05, 0.1) is 6.20 Å². The van der Waals surface area contributed by atoms with Gasteiger partial charge in [0.2, 0.25) is 5.95 Å². The maximum atomic E-state index is 14.1. The summed E-state index contributed by atoms with van der Waals surface area (Å²) in [5.74, 6) is 0.171. The van der Waals surface area contributed by atoms with Gasteiger partial charge < -0.3 is 20.7 Å². The number of benzene rings is 2. The molecule has 0 radical (unpaired) electrons. The Morgan fingerprint density at radius 2 is 1.93 bits per heavy atom. The largest absolute Gasteiger partial charge is 0.480 e. The Kier molecular flexibility index (Phi) is 5.18. The normalized spacial score (nSPS) is 14.7. The highest BCUT2D eigenvalue weighted by Crippen LogP contribution is 2.32. The van der Waals surface area contributed by atoms with Crippen LogP contribution in [0.3, 0.4) is 0 Å². The molecule has 4 rings (SSSR count). The Balaban J connectivity index is 1.51. The number of nitrogens with zero attached hydrogens (tertiary/aromatic N) is 2. The van der Waals surface area contributed by atoms with Gasteiger partial charge in [-0.2, -0.15) is 4.98 Å². The second-order valence-corrected chi connectivity index (χ2v) is 6.83. The van der Waals surface area contributed by atoms with Crippen LogP contribution in [0.4, 0.5) is 27.5 Å². The van der Waals surface area contributed by atoms with Crippen molar-refractivity contribution in [3.8, 4) is 5.75 Å². The fourth-order valence-electron chi connectivity index (χ4n) is 2.95. The molecule has 1 aliphatic rings. The first-order valence-electron chi connectivity index (χ1n) is 8.85. The van der Waals surface area contributed by atoms with Gasteiger partial charge in [0, 0.05) is 35.4 Å². The van der Waals surface area contributed by atoms with Crippen LogP contribution in [0.15, 0.2) is 48.7 Å². The molecule has 0 saturated heterocycles. The molecule has 1 aliphatic heterocycles. The SMILES string of the molecule is CNC(=O)C1Cc2cc(Nc3ncc(F)c(Nc4ccc(Cl)cc4)n3)ccc2O1. The van der Waals surface area contributed by atoms with Crippen molar-refractivity contribution in [3.63, 3.8) is 0 Å². The van der Waals surface area contributed by atoms with E-state index in [0.29, 0.717) is 28.6 Å². The summed E-state index contributed by atoms with van der Waals surface area (Å²) in [6.07, 6.45) is 1.02. The highest BCUT2D eigenvalue weighted by Gasteiger charge is 2.28. The number of anilines is 4. The van der Waals surface area contributed by atoms with Crippen LogP contribution in [0.2, 0.25) is 5.02 Å². The van der Waals surface area contributed by atoms with Crippen molar-refractivity contribution in [2.45, 2.75) is 12.5 Å². The van der Waals surface area contributed by atoms with Crippen molar-refractivity contribution in [1.29, 1.82) is 0 Å². The molecule has 2 heterocycles. The number of hydrogen-bond acceptors (Lipinski definition) is 6. The van der Waals surface area contributed by atoms with Gasteiger partial charge in [-0.05, 0) is 42.5 Å². The van der Waals surface area contributed by atoms with E-state index in [1.807, 2.05) is 6.07 Å². The number of nitrogens with one attached hydrogen (secondary N) is 3. The van der Waals surface area contributed by atoms with E-state index in [-0.39, 0.29) is 17.7 Å². The van der Waals surface area contributed by atoms with Crippen molar-refractivity contribution < 1.29 is 13.9 Å². The molecule has 29 heavy (non-hydrogen) atoms. The number of hydrogen-bond donors (Lipinski definition) is 3. The molecule has 3 aromatic rings. The Labute approximate surface area is 171 Å². The van der Waals surface area contributed by atoms with E-state index in [0.717, 1.165) is 11.8 Å². The van der Waals surface area contributed by atoms with Gasteiger partial charge in [-0.25, -0.2) is 9.37 Å². The molecule has 148 valence electrons. The van der Waals surface area contributed by atoms with E-state index < -0.39 is 11.9 Å². The summed E-state index contributed by atoms with van der Waals surface area (Å²) in [5.41, 5.74) is 2.24. The summed E-state index contributed by atoms with van der Waals surface area (Å²) in [5, 5.41) is 9.12. The van der Waals surface area contributed by atoms with Crippen LogP contribution in [-0.4, -0.2) is 29.0 Å². The number of fused-ring (bicyclic) bond motifs is 1. The van der Waals surface area contributed by atoms with Gasteiger partial charge in [-0.3, -0.25) is 4.79 Å². The highest BCUT2D eigenvalue weighted by molar-refractivity contribution is 6.30. The number of ether oxygens (including phenoxy) is 1. The Hall–Kier alpha value is -3.39. The molecular formula is C20H17ClFN5O2. The minimum absolute atomic E-state index is 0.0361. The van der Waals surface area contributed by atoms with Crippen LogP contribution in [-0.2, 0) is 11.2 Å². The lowest BCUT2D eigenvalue weighted by Crippen LogP contribution is -2.34. The molecule has 0 spiro atoms. The molecule has 0 bridgehead atoms. The van der Waals surface area contributed by atoms with Crippen molar-refractivity contribution in [3.05, 3.63) is 65.1 Å². The summed E-state index contributed by atoms with van der Waals surface area (Å²) < 4.78 is 19.7. The second-order valence-electron chi connectivity index (χ2n) is 6.39. The third-order valence-electron chi connectivity index (χ3n) is 4.38. The number of aromatic nitrogens is 2. The van der Waals surface area contributed by atoms with E-state index in [1.165, 1.54) is 0 Å². The molecule has 3 N–H and O–H groups in total. The van der Waals surface area contributed by atoms with Crippen molar-refractivity contribution in [2.75, 3.05) is 17.7 Å². The minimum Gasteiger partial charge on any atom is -0.480 e. The second kappa shape index (κ2) is 7.92. The number of carbonyl (C=O) groups excluding carboxylic acids is 1. The monoisotopic (exact) mass is 413 g/mol. The van der Waals surface area contributed by atoms with Gasteiger partial charge >= 0.3 is 0 Å². The smallest absolute Gasteiger partial charge is 0.261 e. The number of carbonyl (C=O) groups is 1. The highest BCUT2D eigenvalue weighted by atomic mass is 35.5. The van der Waals surface area contributed by atoms with Crippen LogP contribution in [0.5, 0.6) is 5.75 Å². The lowest BCUT2D eigenvalue weighted by molar-refractivity contribution is -0.126. The van der Waals surface area contributed by atoms with Gasteiger partial charge in [0.15, 0.2) is 17.7 Å². The first-order valence-corrected chi connectivity index (χ1v) is 9.23. The van der Waals surface area contributed by atoms with Crippen LogP contribution in [0.1, 0.15) is 5.56 Å². The fourth-order valence-corrected chi connectivity index (χ4v) is 3.07. The Morgan fingerprint density at radius 3 is 2.69 bits per heavy atom. The molecule has 0 fully saturated rings. The first-order chi connectivity index (χ1) is 14.0. The Bertz CT molecular complexity index is 1060. The van der Waals surface area contributed by atoms with Crippen molar-refractivity contribution >= 4 is 40.6 Å². The van der Waals surface area contributed by atoms with Crippen molar-refractivity contribution in [2.24, 2.45) is 0 Å². The van der Waals surface area contributed by atoms with Crippen LogP contribution < -0.4 is 20.7 Å². The van der Waals surface area contributed by atoms with Crippen molar-refractivity contribution in [1.82, 2.24) is 15.3 Å². The average molecular weight is 414 g/mol. The zero-order valence-corrected chi connectivity index (χ0v) is 16.1. The van der Waals surface area contributed by atoms with Gasteiger partial charge in [-0.15, -0.1) is 0 Å². The zero-order chi connectivity index (χ0) is 20.4. The van der Waals surface area contributed by atoms with E-state index in [2.05, 4.69) is 25.9 Å². The maximum absolute atomic E-state index is 14.1. The van der Waals surface area contributed by atoms with E-state index in [4.69, 9.17) is 16.3 Å². The third-order valence-corrected chi connectivity index (χ3v) is 4.63. The topological polar surface area (TPSA) is 88.2 Å². The minimum atomic E-state index is -0.582. The summed E-state index contributed by atoms with van der Waals surface area (Å²) in [4.78, 5) is 20.0. The van der Waals surface area contributed by atoms with Crippen LogP contribution in [0, 0.1) is 5.82 Å². The molecule has 1 aromatic heterocycles. The number of likely N-dealkylation sites (N-methyl/N-ethyl adjacent to an activating group) is 1. The number of halogens is 2. The molecule has 0 aliphatic carbocycles. The quantitative estimate of drug-likeness (QED) is 0.589. The number of rotatable bonds is 5. The number of amides is 1. The third kappa shape index (κ3) is 4.22. The van der Waals surface area contributed by atoms with Gasteiger partial charge in [-0.1, -0.05) is 11.6 Å². The lowest BCUT2D eigenvalue weighted by Gasteiger charge is -2.10. The molecule has 1 unspecified atom stereocenters. The zero-order valence-electron chi connectivity index (χ0n) is 15.4. The predicted octanol–water partition coefficient (Wildman–Crippen LogP) is 3.81. The molecular weight excluding hydrogens is 397 g/mol. The molecule has 2 aromatic carbocycles. The van der Waals surface area contributed by atoms with Crippen LogP contribution in [0.25, 0.3) is 0 Å². The lowest BCUT2D eigenvalue weighted by atomic mass is 10.1. The molecule has 9 heteroatoms. The van der Waals surface area contributed by atoms with Crippen LogP contribution >= 0.6 is 11.6 Å². The average Bonchev–Trinajstić information content (AvgIpc) is 3.15. The molecule has 0 saturated carbocycles. The fraction of sp³-hybridized carbons (Fsp3) is 0.150. The van der Waals surface area contributed by atoms with Gasteiger partial charge in [0.25, 0.3) is 5.91 Å². The van der Waals surface area contributed by atoms with E-state index in [9.17, 15) is 9.18 Å². The molecule has 1 amide bonds. The summed E-state index contributed by atoms with van der Waals surface area (Å²) in [7, 11) is 1.57. The van der Waals surface area contributed by atoms with Gasteiger partial charge in [0.1, 0.15) is 5.75 Å². The predicted molar refractivity (Wildman–Crippen MR) is 109 cm³/mol. The maximum Gasteiger partial charge on any atom is 0.261 e. The van der Waals surface area contributed by atoms with E-state index >= 15 is 0 Å². The Morgan fingerprint density at radius 1 is 1.17 bits per heavy atom.